The molecule has 2 aromatic rings. The molecule has 0 fully saturated rings. The van der Waals surface area contributed by atoms with Crippen LogP contribution in [0, 0.1) is 0 Å². The molecule has 2 rings (SSSR count). The van der Waals surface area contributed by atoms with E-state index in [-0.39, 0.29) is 32.7 Å². The first-order valence-electron chi connectivity index (χ1n) is 7.02. The van der Waals surface area contributed by atoms with Crippen LogP contribution in [0.25, 0.3) is 5.70 Å². The summed E-state index contributed by atoms with van der Waals surface area (Å²) in [6, 6.07) is 5.53. The summed E-state index contributed by atoms with van der Waals surface area (Å²) in [5, 5.41) is 10.4. The van der Waals surface area contributed by atoms with Crippen molar-refractivity contribution in [3.63, 3.8) is 0 Å². The predicted octanol–water partition coefficient (Wildman–Crippen LogP) is 1.54. The third-order valence-corrected chi connectivity index (χ3v) is 3.87. The highest BCUT2D eigenvalue weighted by Crippen LogP contribution is 2.29. The van der Waals surface area contributed by atoms with Gasteiger partial charge in [0.1, 0.15) is 5.69 Å². The quantitative estimate of drug-likeness (QED) is 0.338. The van der Waals surface area contributed by atoms with Crippen LogP contribution in [0.5, 0.6) is 0 Å². The minimum Gasteiger partial charge on any atom is -0.465 e. The molecule has 0 saturated carbocycles. The van der Waals surface area contributed by atoms with Crippen molar-refractivity contribution in [2.45, 2.75) is 0 Å². The fraction of sp³-hybridized carbons (Fsp3) is 0.0667. The minimum atomic E-state index is -0.688. The second kappa shape index (κ2) is 8.48. The van der Waals surface area contributed by atoms with Crippen molar-refractivity contribution in [3.8, 4) is 0 Å². The van der Waals surface area contributed by atoms with E-state index in [4.69, 9.17) is 34.8 Å². The van der Waals surface area contributed by atoms with Crippen molar-refractivity contribution in [2.75, 3.05) is 12.4 Å². The number of carbonyl (C=O) groups excluding carboxylic acids is 2. The molecule has 26 heavy (non-hydrogen) atoms. The highest BCUT2D eigenvalue weighted by Gasteiger charge is 2.18. The van der Waals surface area contributed by atoms with Gasteiger partial charge in [-0.2, -0.15) is 0 Å². The van der Waals surface area contributed by atoms with Crippen LogP contribution in [-0.4, -0.2) is 29.2 Å². The van der Waals surface area contributed by atoms with E-state index in [0.717, 1.165) is 0 Å². The van der Waals surface area contributed by atoms with Gasteiger partial charge in [0.2, 0.25) is 0 Å². The maximum Gasteiger partial charge on any atom is 0.340 e. The van der Waals surface area contributed by atoms with Crippen molar-refractivity contribution in [3.05, 3.63) is 57.5 Å². The minimum absolute atomic E-state index is 0.0101. The molecule has 1 amide bonds. The Labute approximate surface area is 158 Å². The highest BCUT2D eigenvalue weighted by molar-refractivity contribution is 6.42. The molecule has 0 radical (unpaired) electrons. The monoisotopic (exact) mass is 396 g/mol. The Kier molecular flexibility index (Phi) is 6.34. The van der Waals surface area contributed by atoms with Gasteiger partial charge in [0.15, 0.2) is 5.69 Å². The second-order valence-electron chi connectivity index (χ2n) is 4.83. The lowest BCUT2D eigenvalue weighted by atomic mass is 10.1. The number of nitrogens with zero attached hydrogens (tertiary/aromatic N) is 2. The average Bonchev–Trinajstić information content (AvgIpc) is 2.64. The first-order chi connectivity index (χ1) is 12.4. The number of hydrogen-bond donors (Lipinski definition) is 4. The lowest BCUT2D eigenvalue weighted by Crippen LogP contribution is -2.19. The maximum absolute atomic E-state index is 12.4. The van der Waals surface area contributed by atoms with E-state index in [1.807, 2.05) is 0 Å². The van der Waals surface area contributed by atoms with Gasteiger partial charge in [0.05, 0.1) is 34.1 Å². The van der Waals surface area contributed by atoms with Crippen molar-refractivity contribution in [1.29, 1.82) is 0 Å². The third-order valence-electron chi connectivity index (χ3n) is 3.15. The number of esters is 1. The second-order valence-corrected chi connectivity index (χ2v) is 5.64. The van der Waals surface area contributed by atoms with E-state index >= 15 is 0 Å². The topological polar surface area (TPSA) is 145 Å². The first-order valence-corrected chi connectivity index (χ1v) is 7.77. The predicted molar refractivity (Wildman–Crippen MR) is 97.3 cm³/mol. The SMILES string of the molecule is COC(=O)c1cc(Cl)c(Cl)cc1NC(=O)c1ccc(/C(N)=C/NN)nn1. The Morgan fingerprint density at radius 1 is 1.15 bits per heavy atom. The Bertz CT molecular complexity index is 870. The van der Waals surface area contributed by atoms with Gasteiger partial charge in [-0.1, -0.05) is 23.2 Å². The highest BCUT2D eigenvalue weighted by atomic mass is 35.5. The van der Waals surface area contributed by atoms with E-state index in [9.17, 15) is 9.59 Å². The molecule has 0 atom stereocenters. The number of halogens is 2. The van der Waals surface area contributed by atoms with E-state index in [1.165, 1.54) is 37.6 Å². The number of methoxy groups -OCH3 is 1. The third kappa shape index (κ3) is 4.39. The zero-order valence-electron chi connectivity index (χ0n) is 13.4. The van der Waals surface area contributed by atoms with Crippen LogP contribution in [0.15, 0.2) is 30.5 Å². The van der Waals surface area contributed by atoms with Crippen LogP contribution in [0.4, 0.5) is 5.69 Å². The summed E-state index contributed by atoms with van der Waals surface area (Å²) < 4.78 is 4.67. The Morgan fingerprint density at radius 3 is 2.35 bits per heavy atom. The molecule has 1 aromatic heterocycles. The summed E-state index contributed by atoms with van der Waals surface area (Å²) in [5.74, 6) is 3.82. The lowest BCUT2D eigenvalue weighted by Gasteiger charge is -2.11. The Hall–Kier alpha value is -2.88. The van der Waals surface area contributed by atoms with E-state index in [0.29, 0.717) is 5.69 Å². The molecule has 136 valence electrons. The molecular weight excluding hydrogens is 383 g/mol. The van der Waals surface area contributed by atoms with Crippen LogP contribution in [0.1, 0.15) is 26.5 Å². The van der Waals surface area contributed by atoms with E-state index in [1.54, 1.807) is 0 Å². The number of anilines is 1. The number of carbonyl (C=O) groups is 2. The molecule has 0 aliphatic carbocycles. The summed E-state index contributed by atoms with van der Waals surface area (Å²) in [6.45, 7) is 0. The van der Waals surface area contributed by atoms with Gasteiger partial charge in [0.25, 0.3) is 5.91 Å². The Morgan fingerprint density at radius 2 is 1.77 bits per heavy atom. The molecule has 11 heteroatoms. The molecule has 9 nitrogen and oxygen atoms in total. The van der Waals surface area contributed by atoms with Crippen molar-refractivity contribution < 1.29 is 14.3 Å². The molecule has 0 unspecified atom stereocenters. The number of benzene rings is 1. The number of nitrogens with one attached hydrogen (secondary N) is 2. The summed E-state index contributed by atoms with van der Waals surface area (Å²) in [4.78, 5) is 24.2. The smallest absolute Gasteiger partial charge is 0.340 e. The number of aromatic nitrogens is 2. The molecular formula is C15H14Cl2N6O3. The van der Waals surface area contributed by atoms with Crippen LogP contribution >= 0.6 is 23.2 Å². The van der Waals surface area contributed by atoms with Gasteiger partial charge < -0.3 is 21.2 Å². The van der Waals surface area contributed by atoms with Gasteiger partial charge in [0, 0.05) is 6.20 Å². The zero-order chi connectivity index (χ0) is 19.3. The Balaban J connectivity index is 2.28. The summed E-state index contributed by atoms with van der Waals surface area (Å²) >= 11 is 11.9. The zero-order valence-corrected chi connectivity index (χ0v) is 14.9. The van der Waals surface area contributed by atoms with Gasteiger partial charge >= 0.3 is 5.97 Å². The largest absolute Gasteiger partial charge is 0.465 e. The molecule has 0 saturated heterocycles. The van der Waals surface area contributed by atoms with Crippen LogP contribution in [-0.2, 0) is 4.74 Å². The number of hydrogen-bond acceptors (Lipinski definition) is 8. The number of amides is 1. The normalized spacial score (nSPS) is 11.0. The van der Waals surface area contributed by atoms with Gasteiger partial charge in [-0.05, 0) is 24.3 Å². The van der Waals surface area contributed by atoms with Crippen molar-refractivity contribution in [1.82, 2.24) is 15.6 Å². The van der Waals surface area contributed by atoms with Gasteiger partial charge in [-0.3, -0.25) is 10.6 Å². The number of rotatable bonds is 5. The van der Waals surface area contributed by atoms with Gasteiger partial charge in [-0.25, -0.2) is 4.79 Å². The molecule has 6 N–H and O–H groups in total. The fourth-order valence-electron chi connectivity index (χ4n) is 1.89. The molecule has 0 bridgehead atoms. The van der Waals surface area contributed by atoms with Crippen molar-refractivity contribution >= 4 is 46.5 Å². The first kappa shape index (κ1) is 19.4. The van der Waals surface area contributed by atoms with Crippen LogP contribution in [0.3, 0.4) is 0 Å². The van der Waals surface area contributed by atoms with E-state index in [2.05, 4.69) is 25.7 Å². The van der Waals surface area contributed by atoms with Crippen molar-refractivity contribution in [2.24, 2.45) is 11.6 Å². The lowest BCUT2D eigenvalue weighted by molar-refractivity contribution is 0.0602. The summed E-state index contributed by atoms with van der Waals surface area (Å²) in [7, 11) is 1.20. The standard InChI is InChI=1S/C15H14Cl2N6O3/c1-26-15(25)7-4-8(16)9(17)5-13(7)21-14(24)12-3-2-11(22-23-12)10(18)6-20-19/h2-6,20H,18-19H2,1H3,(H,21,24)/b10-6-. The van der Waals surface area contributed by atoms with E-state index < -0.39 is 11.9 Å². The van der Waals surface area contributed by atoms with Gasteiger partial charge in [-0.15, -0.1) is 10.2 Å². The summed E-state index contributed by atoms with van der Waals surface area (Å²) in [5.41, 5.74) is 8.67. The molecule has 0 aliphatic rings. The molecule has 0 spiro atoms. The number of nitrogens with two attached hydrogens (primary N) is 2. The molecule has 1 heterocycles. The van der Waals surface area contributed by atoms with Crippen LogP contribution in [0.2, 0.25) is 10.0 Å². The number of hydrazine groups is 1. The molecule has 0 aliphatic heterocycles. The maximum atomic E-state index is 12.4. The van der Waals surface area contributed by atoms with Crippen LogP contribution < -0.4 is 22.3 Å². The molecule has 1 aromatic carbocycles. The summed E-state index contributed by atoms with van der Waals surface area (Å²) in [6.07, 6.45) is 1.32. The average molecular weight is 397 g/mol. The number of ether oxygens (including phenoxy) is 1. The fourth-order valence-corrected chi connectivity index (χ4v) is 2.21.